The lowest BCUT2D eigenvalue weighted by Crippen LogP contribution is -2.39. The Kier molecular flexibility index (Phi) is 3.73. The standard InChI is InChI=1S/C16H19N3O2/c1-2-13-5-3-4-10-18(13)16-9-6-12-11-14(19(20)21)7-8-15(12)17-16/h6-9,11,13H,2-5,10H2,1H3. The van der Waals surface area contributed by atoms with E-state index in [0.717, 1.165) is 29.7 Å². The first-order valence-electron chi connectivity index (χ1n) is 7.51. The Bertz CT molecular complexity index is 672. The number of anilines is 1. The maximum Gasteiger partial charge on any atom is 0.270 e. The van der Waals surface area contributed by atoms with Crippen molar-refractivity contribution >= 4 is 22.4 Å². The molecule has 0 amide bonds. The summed E-state index contributed by atoms with van der Waals surface area (Å²) in [6, 6.07) is 9.32. The second kappa shape index (κ2) is 5.68. The van der Waals surface area contributed by atoms with E-state index in [1.54, 1.807) is 12.1 Å². The van der Waals surface area contributed by atoms with Gasteiger partial charge in [0, 0.05) is 30.1 Å². The second-order valence-corrected chi connectivity index (χ2v) is 5.55. The van der Waals surface area contributed by atoms with Gasteiger partial charge in [-0.15, -0.1) is 0 Å². The molecule has 1 saturated heterocycles. The Balaban J connectivity index is 1.97. The predicted octanol–water partition coefficient (Wildman–Crippen LogP) is 3.91. The van der Waals surface area contributed by atoms with Crippen LogP contribution in [0.3, 0.4) is 0 Å². The van der Waals surface area contributed by atoms with E-state index in [1.165, 1.54) is 25.3 Å². The van der Waals surface area contributed by atoms with Gasteiger partial charge >= 0.3 is 0 Å². The molecule has 5 heteroatoms. The quantitative estimate of drug-likeness (QED) is 0.633. The highest BCUT2D eigenvalue weighted by molar-refractivity contribution is 5.82. The topological polar surface area (TPSA) is 59.3 Å². The lowest BCUT2D eigenvalue weighted by atomic mass is 10.00. The van der Waals surface area contributed by atoms with Crippen molar-refractivity contribution in [3.05, 3.63) is 40.4 Å². The van der Waals surface area contributed by atoms with Crippen LogP contribution in [0.4, 0.5) is 11.5 Å². The number of aromatic nitrogens is 1. The number of fused-ring (bicyclic) bond motifs is 1. The van der Waals surface area contributed by atoms with Gasteiger partial charge in [-0.25, -0.2) is 4.98 Å². The van der Waals surface area contributed by atoms with Crippen molar-refractivity contribution in [2.75, 3.05) is 11.4 Å². The third-order valence-corrected chi connectivity index (χ3v) is 4.26. The third-order valence-electron chi connectivity index (χ3n) is 4.26. The normalized spacial score (nSPS) is 18.9. The average Bonchev–Trinajstić information content (AvgIpc) is 2.53. The minimum Gasteiger partial charge on any atom is -0.354 e. The zero-order valence-electron chi connectivity index (χ0n) is 12.2. The molecule has 0 bridgehead atoms. The number of nitro benzene ring substituents is 1. The third kappa shape index (κ3) is 2.68. The van der Waals surface area contributed by atoms with Crippen LogP contribution in [-0.4, -0.2) is 22.5 Å². The van der Waals surface area contributed by atoms with Gasteiger partial charge in [0.05, 0.1) is 10.4 Å². The molecule has 1 aliphatic heterocycles. The number of piperidine rings is 1. The molecule has 0 spiro atoms. The van der Waals surface area contributed by atoms with Crippen molar-refractivity contribution in [3.8, 4) is 0 Å². The monoisotopic (exact) mass is 285 g/mol. The fraction of sp³-hybridized carbons (Fsp3) is 0.438. The van der Waals surface area contributed by atoms with Crippen molar-refractivity contribution in [1.82, 2.24) is 4.98 Å². The molecule has 5 nitrogen and oxygen atoms in total. The largest absolute Gasteiger partial charge is 0.354 e. The van der Waals surface area contributed by atoms with Crippen LogP contribution in [0.5, 0.6) is 0 Å². The molecule has 110 valence electrons. The van der Waals surface area contributed by atoms with Gasteiger partial charge in [-0.1, -0.05) is 6.92 Å². The molecule has 3 rings (SSSR count). The number of non-ortho nitro benzene ring substituents is 1. The van der Waals surface area contributed by atoms with Crippen LogP contribution in [-0.2, 0) is 0 Å². The summed E-state index contributed by atoms with van der Waals surface area (Å²) in [4.78, 5) is 17.5. The van der Waals surface area contributed by atoms with E-state index in [1.807, 2.05) is 12.1 Å². The van der Waals surface area contributed by atoms with Crippen LogP contribution in [0.25, 0.3) is 10.9 Å². The molecular weight excluding hydrogens is 266 g/mol. The van der Waals surface area contributed by atoms with E-state index >= 15 is 0 Å². The lowest BCUT2D eigenvalue weighted by Gasteiger charge is -2.36. The Morgan fingerprint density at radius 1 is 1.33 bits per heavy atom. The smallest absolute Gasteiger partial charge is 0.270 e. The van der Waals surface area contributed by atoms with Gasteiger partial charge in [-0.3, -0.25) is 10.1 Å². The molecule has 0 aliphatic carbocycles. The fourth-order valence-electron chi connectivity index (χ4n) is 3.10. The highest BCUT2D eigenvalue weighted by atomic mass is 16.6. The first kappa shape index (κ1) is 13.8. The summed E-state index contributed by atoms with van der Waals surface area (Å²) in [7, 11) is 0. The van der Waals surface area contributed by atoms with Crippen LogP contribution < -0.4 is 4.90 Å². The Morgan fingerprint density at radius 2 is 2.19 bits per heavy atom. The molecule has 1 aromatic carbocycles. The highest BCUT2D eigenvalue weighted by Crippen LogP contribution is 2.27. The van der Waals surface area contributed by atoms with Gasteiger partial charge in [0.15, 0.2) is 0 Å². The summed E-state index contributed by atoms with van der Waals surface area (Å²) in [6.07, 6.45) is 4.84. The zero-order valence-corrected chi connectivity index (χ0v) is 12.2. The average molecular weight is 285 g/mol. The molecule has 2 heterocycles. The highest BCUT2D eigenvalue weighted by Gasteiger charge is 2.22. The van der Waals surface area contributed by atoms with E-state index < -0.39 is 0 Å². The van der Waals surface area contributed by atoms with Crippen molar-refractivity contribution in [2.24, 2.45) is 0 Å². The number of hydrogen-bond donors (Lipinski definition) is 0. The van der Waals surface area contributed by atoms with Gasteiger partial charge in [0.1, 0.15) is 5.82 Å². The molecule has 0 N–H and O–H groups in total. The second-order valence-electron chi connectivity index (χ2n) is 5.55. The maximum absolute atomic E-state index is 10.8. The molecule has 1 aliphatic rings. The Hall–Kier alpha value is -2.17. The summed E-state index contributed by atoms with van der Waals surface area (Å²) in [5, 5.41) is 11.6. The summed E-state index contributed by atoms with van der Waals surface area (Å²) in [5.41, 5.74) is 0.931. The summed E-state index contributed by atoms with van der Waals surface area (Å²) >= 11 is 0. The first-order valence-corrected chi connectivity index (χ1v) is 7.51. The predicted molar refractivity (Wildman–Crippen MR) is 83.7 cm³/mol. The molecule has 0 radical (unpaired) electrons. The van der Waals surface area contributed by atoms with E-state index in [4.69, 9.17) is 4.98 Å². The van der Waals surface area contributed by atoms with Crippen molar-refractivity contribution in [3.63, 3.8) is 0 Å². The Labute approximate surface area is 123 Å². The van der Waals surface area contributed by atoms with E-state index in [0.29, 0.717) is 6.04 Å². The van der Waals surface area contributed by atoms with Gasteiger partial charge < -0.3 is 4.90 Å². The van der Waals surface area contributed by atoms with Crippen LogP contribution in [0.2, 0.25) is 0 Å². The van der Waals surface area contributed by atoms with Gasteiger partial charge in [-0.2, -0.15) is 0 Å². The van der Waals surface area contributed by atoms with E-state index in [9.17, 15) is 10.1 Å². The minimum absolute atomic E-state index is 0.112. The number of pyridine rings is 1. The van der Waals surface area contributed by atoms with E-state index in [-0.39, 0.29) is 10.6 Å². The molecule has 1 atom stereocenters. The number of rotatable bonds is 3. The number of nitro groups is 1. The molecule has 1 aromatic heterocycles. The summed E-state index contributed by atoms with van der Waals surface area (Å²) in [6.45, 7) is 3.26. The van der Waals surface area contributed by atoms with Gasteiger partial charge in [0.25, 0.3) is 5.69 Å². The molecule has 0 saturated carbocycles. The Morgan fingerprint density at radius 3 is 2.95 bits per heavy atom. The molecule has 2 aromatic rings. The number of benzene rings is 1. The molecule has 1 fully saturated rings. The number of nitrogens with zero attached hydrogens (tertiary/aromatic N) is 3. The summed E-state index contributed by atoms with van der Waals surface area (Å²) in [5.74, 6) is 0.989. The summed E-state index contributed by atoms with van der Waals surface area (Å²) < 4.78 is 0. The molecule has 21 heavy (non-hydrogen) atoms. The zero-order chi connectivity index (χ0) is 14.8. The van der Waals surface area contributed by atoms with Gasteiger partial charge in [0.2, 0.25) is 0 Å². The first-order chi connectivity index (χ1) is 10.2. The SMILES string of the molecule is CCC1CCCCN1c1ccc2cc([N+](=O)[O-])ccc2n1. The van der Waals surface area contributed by atoms with Crippen molar-refractivity contribution in [1.29, 1.82) is 0 Å². The molecule has 1 unspecified atom stereocenters. The molecular formula is C16H19N3O2. The lowest BCUT2D eigenvalue weighted by molar-refractivity contribution is -0.384. The van der Waals surface area contributed by atoms with E-state index in [2.05, 4.69) is 11.8 Å². The van der Waals surface area contributed by atoms with Crippen LogP contribution in [0, 0.1) is 10.1 Å². The fourth-order valence-corrected chi connectivity index (χ4v) is 3.10. The maximum atomic E-state index is 10.8. The van der Waals surface area contributed by atoms with Gasteiger partial charge in [-0.05, 0) is 43.9 Å². The van der Waals surface area contributed by atoms with Crippen molar-refractivity contribution in [2.45, 2.75) is 38.6 Å². The van der Waals surface area contributed by atoms with Crippen LogP contribution in [0.15, 0.2) is 30.3 Å². The van der Waals surface area contributed by atoms with Crippen molar-refractivity contribution < 1.29 is 4.92 Å². The van der Waals surface area contributed by atoms with Crippen LogP contribution in [0.1, 0.15) is 32.6 Å². The van der Waals surface area contributed by atoms with Crippen LogP contribution >= 0.6 is 0 Å². The number of hydrogen-bond acceptors (Lipinski definition) is 4. The minimum atomic E-state index is -0.370.